The van der Waals surface area contributed by atoms with Crippen LogP contribution in [0.2, 0.25) is 0 Å². The molecular formula is C17H15FN2O. The van der Waals surface area contributed by atoms with Gasteiger partial charge < -0.3 is 9.88 Å². The van der Waals surface area contributed by atoms with Crippen molar-refractivity contribution in [2.24, 2.45) is 0 Å². The predicted molar refractivity (Wildman–Crippen MR) is 83.1 cm³/mol. The van der Waals surface area contributed by atoms with Gasteiger partial charge in [-0.2, -0.15) is 0 Å². The predicted octanol–water partition coefficient (Wildman–Crippen LogP) is 3.25. The summed E-state index contributed by atoms with van der Waals surface area (Å²) in [5.41, 5.74) is 1.74. The largest absolute Gasteiger partial charge is 0.383 e. The number of anilines is 1. The summed E-state index contributed by atoms with van der Waals surface area (Å²) in [6.45, 7) is 1.15. The summed E-state index contributed by atoms with van der Waals surface area (Å²) in [7, 11) is 0. The Morgan fingerprint density at radius 3 is 2.52 bits per heavy atom. The molecule has 21 heavy (non-hydrogen) atoms. The van der Waals surface area contributed by atoms with Crippen LogP contribution in [0.1, 0.15) is 0 Å². The molecule has 3 nitrogen and oxygen atoms in total. The van der Waals surface area contributed by atoms with E-state index in [2.05, 4.69) is 5.32 Å². The first-order valence-corrected chi connectivity index (χ1v) is 6.82. The van der Waals surface area contributed by atoms with Crippen LogP contribution >= 0.6 is 0 Å². The first-order valence-electron chi connectivity index (χ1n) is 6.82. The third kappa shape index (κ3) is 2.94. The second kappa shape index (κ2) is 5.79. The van der Waals surface area contributed by atoms with E-state index in [-0.39, 0.29) is 11.4 Å². The molecule has 0 aliphatic rings. The number of nitrogens with zero attached hydrogens (tertiary/aromatic N) is 1. The number of hydrogen-bond donors (Lipinski definition) is 1. The number of aromatic nitrogens is 1. The quantitative estimate of drug-likeness (QED) is 0.797. The number of nitrogens with one attached hydrogen (secondary N) is 1. The summed E-state index contributed by atoms with van der Waals surface area (Å²) < 4.78 is 14.6. The second-order valence-corrected chi connectivity index (χ2v) is 4.82. The maximum Gasteiger partial charge on any atom is 0.251 e. The second-order valence-electron chi connectivity index (χ2n) is 4.82. The fourth-order valence-electron chi connectivity index (χ4n) is 2.35. The standard InChI is InChI=1S/C17H15FN2O/c18-14-6-8-15(9-7-14)19-11-12-20-16-4-2-1-3-13(16)5-10-17(20)21/h1-10,19H,11-12H2. The van der Waals surface area contributed by atoms with E-state index in [1.165, 1.54) is 12.1 Å². The van der Waals surface area contributed by atoms with E-state index in [9.17, 15) is 9.18 Å². The zero-order valence-corrected chi connectivity index (χ0v) is 11.4. The first-order chi connectivity index (χ1) is 10.2. The molecule has 0 saturated carbocycles. The van der Waals surface area contributed by atoms with Gasteiger partial charge in [0.25, 0.3) is 5.56 Å². The Hall–Kier alpha value is -2.62. The fourth-order valence-corrected chi connectivity index (χ4v) is 2.35. The van der Waals surface area contributed by atoms with E-state index in [0.717, 1.165) is 16.6 Å². The molecule has 3 aromatic rings. The molecule has 1 aromatic heterocycles. The molecule has 0 spiro atoms. The Bertz CT molecular complexity index is 809. The van der Waals surface area contributed by atoms with Gasteiger partial charge in [0.1, 0.15) is 5.82 Å². The van der Waals surface area contributed by atoms with Gasteiger partial charge in [-0.15, -0.1) is 0 Å². The third-order valence-corrected chi connectivity index (χ3v) is 3.41. The lowest BCUT2D eigenvalue weighted by Crippen LogP contribution is -2.23. The van der Waals surface area contributed by atoms with Gasteiger partial charge in [0, 0.05) is 24.8 Å². The number of benzene rings is 2. The van der Waals surface area contributed by atoms with Gasteiger partial charge in [-0.1, -0.05) is 18.2 Å². The molecule has 0 atom stereocenters. The Balaban J connectivity index is 1.77. The smallest absolute Gasteiger partial charge is 0.251 e. The molecule has 0 aliphatic carbocycles. The van der Waals surface area contributed by atoms with Crippen LogP contribution in [0, 0.1) is 5.82 Å². The van der Waals surface area contributed by atoms with Crippen LogP contribution in [0.15, 0.2) is 65.5 Å². The van der Waals surface area contributed by atoms with E-state index in [1.54, 1.807) is 22.8 Å². The van der Waals surface area contributed by atoms with Crippen LogP contribution in [0.25, 0.3) is 10.9 Å². The molecule has 0 radical (unpaired) electrons. The third-order valence-electron chi connectivity index (χ3n) is 3.41. The topological polar surface area (TPSA) is 34.0 Å². The van der Waals surface area contributed by atoms with Crippen molar-refractivity contribution in [3.05, 3.63) is 76.8 Å². The molecule has 0 amide bonds. The first kappa shape index (κ1) is 13.4. The van der Waals surface area contributed by atoms with Gasteiger partial charge in [-0.05, 0) is 41.8 Å². The average molecular weight is 282 g/mol. The molecule has 0 fully saturated rings. The Kier molecular flexibility index (Phi) is 3.69. The minimum Gasteiger partial charge on any atom is -0.383 e. The molecule has 0 unspecified atom stereocenters. The van der Waals surface area contributed by atoms with Gasteiger partial charge in [0.2, 0.25) is 0 Å². The van der Waals surface area contributed by atoms with Crippen LogP contribution in [-0.2, 0) is 6.54 Å². The molecule has 1 heterocycles. The molecule has 2 aromatic carbocycles. The van der Waals surface area contributed by atoms with Gasteiger partial charge in [0.15, 0.2) is 0 Å². The van der Waals surface area contributed by atoms with Crippen LogP contribution in [0.5, 0.6) is 0 Å². The highest BCUT2D eigenvalue weighted by Crippen LogP contribution is 2.11. The van der Waals surface area contributed by atoms with Gasteiger partial charge >= 0.3 is 0 Å². The van der Waals surface area contributed by atoms with Crippen molar-refractivity contribution in [1.82, 2.24) is 4.57 Å². The lowest BCUT2D eigenvalue weighted by atomic mass is 10.2. The summed E-state index contributed by atoms with van der Waals surface area (Å²) in [6, 6.07) is 17.4. The maximum atomic E-state index is 12.8. The zero-order valence-electron chi connectivity index (χ0n) is 11.4. The maximum absolute atomic E-state index is 12.8. The number of para-hydroxylation sites is 1. The summed E-state index contributed by atoms with van der Waals surface area (Å²) in [6.07, 6.45) is 0. The highest BCUT2D eigenvalue weighted by atomic mass is 19.1. The van der Waals surface area contributed by atoms with E-state index in [0.29, 0.717) is 13.1 Å². The lowest BCUT2D eigenvalue weighted by molar-refractivity contribution is 0.628. The van der Waals surface area contributed by atoms with Crippen molar-refractivity contribution in [3.63, 3.8) is 0 Å². The summed E-state index contributed by atoms with van der Waals surface area (Å²) in [4.78, 5) is 12.0. The van der Waals surface area contributed by atoms with Gasteiger partial charge in [-0.25, -0.2) is 4.39 Å². The fraction of sp³-hybridized carbons (Fsp3) is 0.118. The number of fused-ring (bicyclic) bond motifs is 1. The monoisotopic (exact) mass is 282 g/mol. The summed E-state index contributed by atoms with van der Waals surface area (Å²) in [5, 5.41) is 4.23. The zero-order chi connectivity index (χ0) is 14.7. The van der Waals surface area contributed by atoms with Crippen molar-refractivity contribution in [2.75, 3.05) is 11.9 Å². The SMILES string of the molecule is O=c1ccc2ccccc2n1CCNc1ccc(F)cc1. The Morgan fingerprint density at radius 2 is 1.71 bits per heavy atom. The van der Waals surface area contributed by atoms with Gasteiger partial charge in [0.05, 0.1) is 5.52 Å². The highest BCUT2D eigenvalue weighted by Gasteiger charge is 2.02. The molecule has 0 aliphatic heterocycles. The number of pyridine rings is 1. The van der Waals surface area contributed by atoms with Crippen LogP contribution in [-0.4, -0.2) is 11.1 Å². The van der Waals surface area contributed by atoms with Crippen molar-refractivity contribution in [3.8, 4) is 0 Å². The summed E-state index contributed by atoms with van der Waals surface area (Å²) in [5.74, 6) is -0.258. The Morgan fingerprint density at radius 1 is 0.952 bits per heavy atom. The average Bonchev–Trinajstić information content (AvgIpc) is 2.51. The Labute approximate surface area is 121 Å². The number of rotatable bonds is 4. The van der Waals surface area contributed by atoms with E-state index in [4.69, 9.17) is 0 Å². The van der Waals surface area contributed by atoms with Crippen molar-refractivity contribution >= 4 is 16.6 Å². The van der Waals surface area contributed by atoms with Crippen molar-refractivity contribution in [1.29, 1.82) is 0 Å². The molecule has 0 saturated heterocycles. The van der Waals surface area contributed by atoms with E-state index >= 15 is 0 Å². The molecule has 4 heteroatoms. The lowest BCUT2D eigenvalue weighted by Gasteiger charge is -2.11. The van der Waals surface area contributed by atoms with E-state index in [1.807, 2.05) is 30.3 Å². The minimum absolute atomic E-state index is 0.0189. The molecule has 3 rings (SSSR count). The van der Waals surface area contributed by atoms with Crippen molar-refractivity contribution in [2.45, 2.75) is 6.54 Å². The normalized spacial score (nSPS) is 10.7. The van der Waals surface area contributed by atoms with Crippen LogP contribution in [0.4, 0.5) is 10.1 Å². The van der Waals surface area contributed by atoms with Gasteiger partial charge in [-0.3, -0.25) is 4.79 Å². The van der Waals surface area contributed by atoms with Crippen molar-refractivity contribution < 1.29 is 4.39 Å². The molecular weight excluding hydrogens is 267 g/mol. The molecule has 1 N–H and O–H groups in total. The molecule has 106 valence electrons. The summed E-state index contributed by atoms with van der Waals surface area (Å²) >= 11 is 0. The van der Waals surface area contributed by atoms with E-state index < -0.39 is 0 Å². The minimum atomic E-state index is -0.258. The number of hydrogen-bond acceptors (Lipinski definition) is 2. The van der Waals surface area contributed by atoms with Crippen LogP contribution < -0.4 is 10.9 Å². The highest BCUT2D eigenvalue weighted by molar-refractivity contribution is 5.78. The number of halogens is 1. The molecule has 0 bridgehead atoms. The van der Waals surface area contributed by atoms with Crippen LogP contribution in [0.3, 0.4) is 0 Å².